The van der Waals surface area contributed by atoms with Gasteiger partial charge in [0, 0.05) is 22.5 Å². The molecule has 2 aromatic rings. The lowest BCUT2D eigenvalue weighted by Gasteiger charge is -2.08. The zero-order valence-electron chi connectivity index (χ0n) is 12.1. The Morgan fingerprint density at radius 2 is 2.19 bits per heavy atom. The van der Waals surface area contributed by atoms with E-state index in [0.29, 0.717) is 10.9 Å². The maximum absolute atomic E-state index is 6.38. The SMILES string of the molecule is CCCCn1c(C2CC2)nc(-c2ccc(Br)c(Cl)c2)c1N. The molecule has 1 heterocycles. The summed E-state index contributed by atoms with van der Waals surface area (Å²) in [5.41, 5.74) is 8.22. The smallest absolute Gasteiger partial charge is 0.131 e. The van der Waals surface area contributed by atoms with Crippen LogP contribution in [-0.4, -0.2) is 9.55 Å². The molecule has 3 rings (SSSR count). The van der Waals surface area contributed by atoms with E-state index in [-0.39, 0.29) is 0 Å². The minimum Gasteiger partial charge on any atom is -0.383 e. The van der Waals surface area contributed by atoms with Crippen LogP contribution in [0.4, 0.5) is 5.82 Å². The Hall–Kier alpha value is -1.00. The summed E-state index contributed by atoms with van der Waals surface area (Å²) >= 11 is 9.62. The Morgan fingerprint density at radius 3 is 2.81 bits per heavy atom. The summed E-state index contributed by atoms with van der Waals surface area (Å²) in [6, 6.07) is 5.87. The molecule has 2 N–H and O–H groups in total. The molecular weight excluding hydrogens is 350 g/mol. The van der Waals surface area contributed by atoms with Crippen LogP contribution in [-0.2, 0) is 6.54 Å². The van der Waals surface area contributed by atoms with Crippen LogP contribution in [0.5, 0.6) is 0 Å². The molecule has 0 atom stereocenters. The summed E-state index contributed by atoms with van der Waals surface area (Å²) in [4.78, 5) is 4.83. The van der Waals surface area contributed by atoms with Crippen LogP contribution >= 0.6 is 27.5 Å². The molecule has 5 heteroatoms. The Bertz CT molecular complexity index is 662. The molecule has 1 aliphatic carbocycles. The van der Waals surface area contributed by atoms with Crippen molar-refractivity contribution in [2.45, 2.75) is 45.1 Å². The van der Waals surface area contributed by atoms with Gasteiger partial charge in [-0.05, 0) is 47.3 Å². The molecule has 0 saturated heterocycles. The molecule has 3 nitrogen and oxygen atoms in total. The number of benzene rings is 1. The molecule has 0 aliphatic heterocycles. The number of hydrogen-bond donors (Lipinski definition) is 1. The van der Waals surface area contributed by atoms with Gasteiger partial charge in [-0.25, -0.2) is 4.98 Å². The van der Waals surface area contributed by atoms with Gasteiger partial charge in [0.25, 0.3) is 0 Å². The lowest BCUT2D eigenvalue weighted by atomic mass is 10.1. The summed E-state index contributed by atoms with van der Waals surface area (Å²) in [7, 11) is 0. The fourth-order valence-electron chi connectivity index (χ4n) is 2.54. The number of nitrogens with zero attached hydrogens (tertiary/aromatic N) is 2. The molecule has 0 unspecified atom stereocenters. The summed E-state index contributed by atoms with van der Waals surface area (Å²) < 4.78 is 3.09. The predicted octanol–water partition coefficient (Wildman–Crippen LogP) is 5.23. The van der Waals surface area contributed by atoms with Gasteiger partial charge < -0.3 is 10.3 Å². The summed E-state index contributed by atoms with van der Waals surface area (Å²) in [5, 5.41) is 0.683. The average molecular weight is 369 g/mol. The number of hydrogen-bond acceptors (Lipinski definition) is 2. The Morgan fingerprint density at radius 1 is 1.43 bits per heavy atom. The van der Waals surface area contributed by atoms with Crippen LogP contribution in [0.3, 0.4) is 0 Å². The van der Waals surface area contributed by atoms with Crippen LogP contribution in [0.15, 0.2) is 22.7 Å². The van der Waals surface area contributed by atoms with Crippen molar-refractivity contribution in [3.8, 4) is 11.3 Å². The van der Waals surface area contributed by atoms with Gasteiger partial charge in [0.2, 0.25) is 0 Å². The first kappa shape index (κ1) is 14.9. The third kappa shape index (κ3) is 2.97. The highest BCUT2D eigenvalue weighted by Gasteiger charge is 2.30. The van der Waals surface area contributed by atoms with Gasteiger partial charge in [-0.1, -0.05) is 31.0 Å². The fourth-order valence-corrected chi connectivity index (χ4v) is 2.97. The number of anilines is 1. The van der Waals surface area contributed by atoms with E-state index in [4.69, 9.17) is 22.3 Å². The van der Waals surface area contributed by atoms with Crippen molar-refractivity contribution >= 4 is 33.3 Å². The van der Waals surface area contributed by atoms with E-state index in [1.54, 1.807) is 0 Å². The van der Waals surface area contributed by atoms with Crippen molar-refractivity contribution < 1.29 is 0 Å². The number of halogens is 2. The summed E-state index contributed by atoms with van der Waals surface area (Å²) in [6.07, 6.45) is 4.73. The number of aromatic nitrogens is 2. The second-order valence-corrected chi connectivity index (χ2v) is 6.87. The third-order valence-corrected chi connectivity index (χ3v) is 5.14. The van der Waals surface area contributed by atoms with Crippen LogP contribution in [0.2, 0.25) is 5.02 Å². The highest BCUT2D eigenvalue weighted by atomic mass is 79.9. The van der Waals surface area contributed by atoms with Gasteiger partial charge in [-0.15, -0.1) is 0 Å². The standard InChI is InChI=1S/C16H19BrClN3/c1-2-3-8-21-15(19)14(20-16(21)10-4-5-10)11-6-7-12(17)13(18)9-11/h6-7,9-10H,2-5,8,19H2,1H3. The van der Waals surface area contributed by atoms with E-state index < -0.39 is 0 Å². The Kier molecular flexibility index (Phi) is 4.27. The number of unbranched alkanes of at least 4 members (excludes halogenated alkanes) is 1. The highest BCUT2D eigenvalue weighted by molar-refractivity contribution is 9.10. The minimum absolute atomic E-state index is 0.587. The second-order valence-electron chi connectivity index (χ2n) is 5.61. The molecule has 0 spiro atoms. The Labute approximate surface area is 138 Å². The van der Waals surface area contributed by atoms with Crippen molar-refractivity contribution in [3.63, 3.8) is 0 Å². The average Bonchev–Trinajstić information content (AvgIpc) is 3.25. The maximum atomic E-state index is 6.38. The van der Waals surface area contributed by atoms with Crippen molar-refractivity contribution in [2.75, 3.05) is 5.73 Å². The number of rotatable bonds is 5. The van der Waals surface area contributed by atoms with Gasteiger partial charge in [0.05, 0.1) is 5.02 Å². The van der Waals surface area contributed by atoms with E-state index in [2.05, 4.69) is 27.4 Å². The van der Waals surface area contributed by atoms with Crippen LogP contribution in [0.1, 0.15) is 44.3 Å². The van der Waals surface area contributed by atoms with Crippen molar-refractivity contribution in [1.82, 2.24) is 9.55 Å². The zero-order chi connectivity index (χ0) is 15.0. The molecule has 1 fully saturated rings. The molecule has 112 valence electrons. The van der Waals surface area contributed by atoms with E-state index in [1.807, 2.05) is 18.2 Å². The topological polar surface area (TPSA) is 43.8 Å². The molecule has 1 aromatic heterocycles. The molecule has 1 aliphatic rings. The monoisotopic (exact) mass is 367 g/mol. The molecule has 1 aromatic carbocycles. The first-order chi connectivity index (χ1) is 10.1. The summed E-state index contributed by atoms with van der Waals surface area (Å²) in [5.74, 6) is 2.50. The highest BCUT2D eigenvalue weighted by Crippen LogP contribution is 2.42. The third-order valence-electron chi connectivity index (χ3n) is 3.91. The van der Waals surface area contributed by atoms with Crippen LogP contribution in [0.25, 0.3) is 11.3 Å². The lowest BCUT2D eigenvalue weighted by Crippen LogP contribution is -2.06. The minimum atomic E-state index is 0.587. The van der Waals surface area contributed by atoms with Gasteiger partial charge in [-0.2, -0.15) is 0 Å². The van der Waals surface area contributed by atoms with Crippen LogP contribution in [0, 0.1) is 0 Å². The lowest BCUT2D eigenvalue weighted by molar-refractivity contribution is 0.609. The number of imidazole rings is 1. The normalized spacial score (nSPS) is 14.6. The van der Waals surface area contributed by atoms with E-state index >= 15 is 0 Å². The van der Waals surface area contributed by atoms with Gasteiger partial charge in [0.1, 0.15) is 17.3 Å². The molecule has 21 heavy (non-hydrogen) atoms. The molecular formula is C16H19BrClN3. The van der Waals surface area contributed by atoms with E-state index in [1.165, 1.54) is 12.8 Å². The number of nitrogens with two attached hydrogens (primary N) is 1. The first-order valence-corrected chi connectivity index (χ1v) is 8.60. The van der Waals surface area contributed by atoms with Crippen molar-refractivity contribution in [3.05, 3.63) is 33.5 Å². The first-order valence-electron chi connectivity index (χ1n) is 7.43. The van der Waals surface area contributed by atoms with Crippen molar-refractivity contribution in [2.24, 2.45) is 0 Å². The molecule has 0 radical (unpaired) electrons. The van der Waals surface area contributed by atoms with E-state index in [0.717, 1.165) is 46.8 Å². The van der Waals surface area contributed by atoms with Gasteiger partial charge in [0.15, 0.2) is 0 Å². The largest absolute Gasteiger partial charge is 0.383 e. The summed E-state index contributed by atoms with van der Waals surface area (Å²) in [6.45, 7) is 3.14. The molecule has 0 bridgehead atoms. The molecule has 0 amide bonds. The second kappa shape index (κ2) is 6.01. The zero-order valence-corrected chi connectivity index (χ0v) is 14.4. The fraction of sp³-hybridized carbons (Fsp3) is 0.438. The van der Waals surface area contributed by atoms with E-state index in [9.17, 15) is 0 Å². The van der Waals surface area contributed by atoms with Crippen molar-refractivity contribution in [1.29, 1.82) is 0 Å². The quantitative estimate of drug-likeness (QED) is 0.785. The Balaban J connectivity index is 2.03. The van der Waals surface area contributed by atoms with Crippen LogP contribution < -0.4 is 5.73 Å². The van der Waals surface area contributed by atoms with Gasteiger partial charge >= 0.3 is 0 Å². The number of nitrogen functional groups attached to an aromatic ring is 1. The molecule has 1 saturated carbocycles. The van der Waals surface area contributed by atoms with Gasteiger partial charge in [-0.3, -0.25) is 0 Å². The predicted molar refractivity (Wildman–Crippen MR) is 91.7 cm³/mol. The maximum Gasteiger partial charge on any atom is 0.131 e.